The lowest BCUT2D eigenvalue weighted by atomic mass is 10.1. The molecule has 0 saturated carbocycles. The van der Waals surface area contributed by atoms with E-state index in [2.05, 4.69) is 26.2 Å². The van der Waals surface area contributed by atoms with Gasteiger partial charge in [-0.2, -0.15) is 0 Å². The molecule has 0 fully saturated rings. The Morgan fingerprint density at radius 3 is 2.75 bits per heavy atom. The van der Waals surface area contributed by atoms with E-state index in [1.807, 2.05) is 0 Å². The molecule has 2 rings (SSSR count). The number of amides is 1. The first kappa shape index (κ1) is 14.9. The predicted octanol–water partition coefficient (Wildman–Crippen LogP) is 3.38. The van der Waals surface area contributed by atoms with E-state index in [0.717, 1.165) is 0 Å². The second-order valence-corrected chi connectivity index (χ2v) is 5.69. The molecule has 20 heavy (non-hydrogen) atoms. The van der Waals surface area contributed by atoms with E-state index >= 15 is 0 Å². The summed E-state index contributed by atoms with van der Waals surface area (Å²) in [6.07, 6.45) is 3.06. The number of hydrogen-bond acceptors (Lipinski definition) is 3. The zero-order valence-corrected chi connectivity index (χ0v) is 13.2. The van der Waals surface area contributed by atoms with Crippen molar-refractivity contribution in [1.29, 1.82) is 0 Å². The van der Waals surface area contributed by atoms with E-state index in [4.69, 9.17) is 29.6 Å². The number of benzene rings is 1. The molecular weight excluding hydrogens is 362 g/mol. The van der Waals surface area contributed by atoms with Crippen LogP contribution in [-0.2, 0) is 0 Å². The van der Waals surface area contributed by atoms with Crippen LogP contribution >= 0.6 is 39.7 Å². The molecule has 102 valence electrons. The number of nitrogens with zero attached hydrogens (tertiary/aromatic N) is 1. The largest absolute Gasteiger partial charge is 0.389 e. The molecule has 0 atom stereocenters. The Hall–Kier alpha value is -1.50. The Morgan fingerprint density at radius 1 is 1.35 bits per heavy atom. The zero-order valence-electron chi connectivity index (χ0n) is 10.1. The first-order chi connectivity index (χ1) is 9.47. The highest BCUT2D eigenvalue weighted by Gasteiger charge is 2.12. The van der Waals surface area contributed by atoms with Crippen molar-refractivity contribution in [2.75, 3.05) is 5.32 Å². The molecule has 4 nitrogen and oxygen atoms in total. The van der Waals surface area contributed by atoms with Crippen molar-refractivity contribution in [3.8, 4) is 0 Å². The monoisotopic (exact) mass is 369 g/mol. The van der Waals surface area contributed by atoms with Gasteiger partial charge in [0.2, 0.25) is 0 Å². The fourth-order valence-electron chi connectivity index (χ4n) is 1.57. The second-order valence-electron chi connectivity index (χ2n) is 3.90. The molecule has 0 unspecified atom stereocenters. The summed E-state index contributed by atoms with van der Waals surface area (Å²) >= 11 is 14.1. The fourth-order valence-corrected chi connectivity index (χ4v) is 2.28. The van der Waals surface area contributed by atoms with Gasteiger partial charge in [0.1, 0.15) is 4.99 Å². The van der Waals surface area contributed by atoms with Gasteiger partial charge in [0, 0.05) is 27.5 Å². The molecule has 7 heteroatoms. The molecule has 0 spiro atoms. The van der Waals surface area contributed by atoms with Crippen LogP contribution in [0, 0.1) is 0 Å². The van der Waals surface area contributed by atoms with Crippen molar-refractivity contribution in [2.45, 2.75) is 0 Å². The van der Waals surface area contributed by atoms with Crippen molar-refractivity contribution in [3.05, 3.63) is 57.3 Å². The van der Waals surface area contributed by atoms with E-state index in [-0.39, 0.29) is 10.9 Å². The van der Waals surface area contributed by atoms with Gasteiger partial charge in [-0.3, -0.25) is 9.78 Å². The van der Waals surface area contributed by atoms with Crippen LogP contribution in [0.1, 0.15) is 15.9 Å². The quantitative estimate of drug-likeness (QED) is 0.813. The third-order valence-electron chi connectivity index (χ3n) is 2.46. The van der Waals surface area contributed by atoms with Crippen LogP contribution in [0.25, 0.3) is 0 Å². The molecule has 0 bridgehead atoms. The number of carbonyl (C=O) groups excluding carboxylic acids is 1. The maximum Gasteiger partial charge on any atom is 0.257 e. The van der Waals surface area contributed by atoms with Crippen LogP contribution in [-0.4, -0.2) is 15.9 Å². The predicted molar refractivity (Wildman–Crippen MR) is 87.2 cm³/mol. The van der Waals surface area contributed by atoms with Crippen LogP contribution in [0.4, 0.5) is 5.69 Å². The number of pyridine rings is 1. The SMILES string of the molecule is NC(=S)c1ccc(Cl)cc1NC(=O)c1cncc(Br)c1. The highest BCUT2D eigenvalue weighted by Crippen LogP contribution is 2.22. The number of nitrogens with one attached hydrogen (secondary N) is 1. The van der Waals surface area contributed by atoms with Gasteiger partial charge in [-0.05, 0) is 40.2 Å². The van der Waals surface area contributed by atoms with Gasteiger partial charge in [-0.1, -0.05) is 23.8 Å². The van der Waals surface area contributed by atoms with Crippen molar-refractivity contribution >= 4 is 56.3 Å². The van der Waals surface area contributed by atoms with Gasteiger partial charge in [0.25, 0.3) is 5.91 Å². The molecule has 0 radical (unpaired) electrons. The van der Waals surface area contributed by atoms with Crippen LogP contribution in [0.2, 0.25) is 5.02 Å². The zero-order chi connectivity index (χ0) is 14.7. The summed E-state index contributed by atoms with van der Waals surface area (Å²) in [6.45, 7) is 0. The molecular formula is C13H9BrClN3OS. The third-order valence-corrected chi connectivity index (χ3v) is 3.35. The Morgan fingerprint density at radius 2 is 2.10 bits per heavy atom. The lowest BCUT2D eigenvalue weighted by molar-refractivity contribution is 0.102. The fraction of sp³-hybridized carbons (Fsp3) is 0. The van der Waals surface area contributed by atoms with Crippen molar-refractivity contribution in [2.24, 2.45) is 5.73 Å². The van der Waals surface area contributed by atoms with Gasteiger partial charge in [0.05, 0.1) is 11.3 Å². The number of halogens is 2. The summed E-state index contributed by atoms with van der Waals surface area (Å²) in [7, 11) is 0. The van der Waals surface area contributed by atoms with Crippen LogP contribution in [0.5, 0.6) is 0 Å². The van der Waals surface area contributed by atoms with E-state index in [0.29, 0.717) is 26.3 Å². The highest BCUT2D eigenvalue weighted by atomic mass is 79.9. The van der Waals surface area contributed by atoms with Crippen LogP contribution < -0.4 is 11.1 Å². The number of aromatic nitrogens is 1. The first-order valence-corrected chi connectivity index (χ1v) is 7.06. The normalized spacial score (nSPS) is 10.1. The Bertz CT molecular complexity index is 693. The lowest BCUT2D eigenvalue weighted by Gasteiger charge is -2.10. The third kappa shape index (κ3) is 3.53. The smallest absolute Gasteiger partial charge is 0.257 e. The number of anilines is 1. The maximum atomic E-state index is 12.2. The standard InChI is InChI=1S/C13H9BrClN3OS/c14-8-3-7(5-17-6-8)13(19)18-11-4-9(15)1-2-10(11)12(16)20/h1-6H,(H2,16,20)(H,18,19). The van der Waals surface area contributed by atoms with Gasteiger partial charge in [0.15, 0.2) is 0 Å². The van der Waals surface area contributed by atoms with Gasteiger partial charge < -0.3 is 11.1 Å². The topological polar surface area (TPSA) is 68.0 Å². The Labute approximate surface area is 134 Å². The minimum absolute atomic E-state index is 0.185. The number of rotatable bonds is 3. The average molecular weight is 371 g/mol. The highest BCUT2D eigenvalue weighted by molar-refractivity contribution is 9.10. The molecule has 1 amide bonds. The van der Waals surface area contributed by atoms with E-state index < -0.39 is 0 Å². The molecule has 0 aliphatic heterocycles. The molecule has 1 aromatic carbocycles. The first-order valence-electron chi connectivity index (χ1n) is 5.48. The Balaban J connectivity index is 2.32. The minimum Gasteiger partial charge on any atom is -0.389 e. The molecule has 2 aromatic rings. The maximum absolute atomic E-state index is 12.2. The van der Waals surface area contributed by atoms with Crippen molar-refractivity contribution < 1.29 is 4.79 Å². The number of thiocarbonyl (C=S) groups is 1. The van der Waals surface area contributed by atoms with E-state index in [1.54, 1.807) is 30.5 Å². The van der Waals surface area contributed by atoms with Crippen LogP contribution in [0.3, 0.4) is 0 Å². The molecule has 1 heterocycles. The summed E-state index contributed by atoms with van der Waals surface area (Å²) in [6, 6.07) is 6.58. The van der Waals surface area contributed by atoms with Crippen LogP contribution in [0.15, 0.2) is 41.1 Å². The van der Waals surface area contributed by atoms with E-state index in [1.165, 1.54) is 6.20 Å². The lowest BCUT2D eigenvalue weighted by Crippen LogP contribution is -2.17. The molecule has 0 saturated heterocycles. The summed E-state index contributed by atoms with van der Waals surface area (Å²) in [5.41, 5.74) is 7.05. The number of nitrogens with two attached hydrogens (primary N) is 1. The molecule has 1 aromatic heterocycles. The number of carbonyl (C=O) groups is 1. The van der Waals surface area contributed by atoms with Gasteiger partial charge in [-0.25, -0.2) is 0 Å². The minimum atomic E-state index is -0.321. The average Bonchev–Trinajstić information content (AvgIpc) is 2.38. The van der Waals surface area contributed by atoms with E-state index in [9.17, 15) is 4.79 Å². The number of hydrogen-bond donors (Lipinski definition) is 2. The molecule has 0 aliphatic rings. The summed E-state index contributed by atoms with van der Waals surface area (Å²) < 4.78 is 0.714. The van der Waals surface area contributed by atoms with Crippen molar-refractivity contribution in [1.82, 2.24) is 4.98 Å². The van der Waals surface area contributed by atoms with Gasteiger partial charge in [-0.15, -0.1) is 0 Å². The second kappa shape index (κ2) is 6.30. The summed E-state index contributed by atoms with van der Waals surface area (Å²) in [4.78, 5) is 16.3. The van der Waals surface area contributed by atoms with Crippen molar-refractivity contribution in [3.63, 3.8) is 0 Å². The summed E-state index contributed by atoms with van der Waals surface area (Å²) in [5.74, 6) is -0.321. The Kier molecular flexibility index (Phi) is 4.69. The van der Waals surface area contributed by atoms with Gasteiger partial charge >= 0.3 is 0 Å². The summed E-state index contributed by atoms with van der Waals surface area (Å²) in [5, 5.41) is 3.20. The molecule has 3 N–H and O–H groups in total. The molecule has 0 aliphatic carbocycles.